The van der Waals surface area contributed by atoms with E-state index in [-0.39, 0.29) is 11.0 Å². The summed E-state index contributed by atoms with van der Waals surface area (Å²) in [5, 5.41) is 0. The summed E-state index contributed by atoms with van der Waals surface area (Å²) in [6, 6.07) is 50.1. The first-order valence-electron chi connectivity index (χ1n) is 16.8. The number of pyridine rings is 1. The van der Waals surface area contributed by atoms with Crippen LogP contribution in [0.5, 0.6) is 0 Å². The predicted molar refractivity (Wildman–Crippen MR) is 190 cm³/mol. The molecule has 5 aromatic carbocycles. The number of hydrogen-bond donors (Lipinski definition) is 0. The van der Waals surface area contributed by atoms with Gasteiger partial charge in [0.25, 0.3) is 0 Å². The molecule has 224 valence electrons. The van der Waals surface area contributed by atoms with Crippen LogP contribution in [0.4, 0.5) is 11.4 Å². The number of nitrogens with zero attached hydrogens (tertiary/aromatic N) is 2. The molecule has 0 spiro atoms. The quantitative estimate of drug-likeness (QED) is 0.201. The molecule has 2 nitrogen and oxygen atoms in total. The lowest BCUT2D eigenvalue weighted by molar-refractivity contribution is 0.195. The van der Waals surface area contributed by atoms with Gasteiger partial charge in [-0.2, -0.15) is 0 Å². The van der Waals surface area contributed by atoms with E-state index in [0.717, 1.165) is 0 Å². The van der Waals surface area contributed by atoms with Crippen molar-refractivity contribution in [3.63, 3.8) is 0 Å². The molecule has 0 saturated heterocycles. The Bertz CT molecular complexity index is 2040. The molecular weight excluding hydrogens is 556 g/mol. The van der Waals surface area contributed by atoms with E-state index < -0.39 is 5.41 Å². The van der Waals surface area contributed by atoms with Crippen molar-refractivity contribution in [3.8, 4) is 22.3 Å². The molecule has 9 rings (SSSR count). The lowest BCUT2D eigenvalue weighted by Crippen LogP contribution is -2.54. The van der Waals surface area contributed by atoms with Crippen molar-refractivity contribution >= 4 is 11.4 Å². The zero-order valence-electron chi connectivity index (χ0n) is 26.6. The van der Waals surface area contributed by atoms with E-state index in [0.29, 0.717) is 0 Å². The number of aromatic nitrogens is 1. The van der Waals surface area contributed by atoms with Crippen molar-refractivity contribution in [1.29, 1.82) is 0 Å². The van der Waals surface area contributed by atoms with Gasteiger partial charge >= 0.3 is 0 Å². The van der Waals surface area contributed by atoms with Gasteiger partial charge in [-0.15, -0.1) is 0 Å². The van der Waals surface area contributed by atoms with Gasteiger partial charge in [-0.25, -0.2) is 0 Å². The minimum Gasteiger partial charge on any atom is -0.334 e. The summed E-state index contributed by atoms with van der Waals surface area (Å²) in [5.74, 6) is 0. The third kappa shape index (κ3) is 3.56. The highest BCUT2D eigenvalue weighted by atomic mass is 15.3. The van der Waals surface area contributed by atoms with Crippen molar-refractivity contribution < 1.29 is 0 Å². The lowest BCUT2D eigenvalue weighted by Gasteiger charge is -2.50. The molecule has 1 fully saturated rings. The fourth-order valence-corrected chi connectivity index (χ4v) is 9.44. The van der Waals surface area contributed by atoms with Crippen LogP contribution in [0.15, 0.2) is 146 Å². The smallest absolute Gasteiger partial charge is 0.0713 e. The maximum Gasteiger partial charge on any atom is 0.0713 e. The highest BCUT2D eigenvalue weighted by Crippen LogP contribution is 2.62. The Hall–Kier alpha value is -4.95. The summed E-state index contributed by atoms with van der Waals surface area (Å²) in [4.78, 5) is 6.97. The molecule has 0 N–H and O–H groups in total. The summed E-state index contributed by atoms with van der Waals surface area (Å²) in [6.07, 6.45) is 8.78. The molecule has 0 radical (unpaired) electrons. The summed E-state index contributed by atoms with van der Waals surface area (Å²) < 4.78 is 0. The van der Waals surface area contributed by atoms with Gasteiger partial charge in [0, 0.05) is 29.2 Å². The van der Waals surface area contributed by atoms with Crippen LogP contribution in [0.1, 0.15) is 67.3 Å². The monoisotopic (exact) mass is 594 g/mol. The Labute approximate surface area is 272 Å². The topological polar surface area (TPSA) is 16.1 Å². The Morgan fingerprint density at radius 3 is 1.85 bits per heavy atom. The second-order valence-electron chi connectivity index (χ2n) is 13.9. The SMILES string of the molecule is CC12CCCCC1(C)N(c1ccncc1)c1ccc(-c3ccc4c(c3)C(c3ccccc3)(c3ccccc3)c3ccccc3-4)cc12. The maximum absolute atomic E-state index is 4.34. The standard InChI is InChI=1S/C44H38N2/c1-42-25-11-12-26-43(42,2)46(35-23-27-45-28-24-35)41-22-20-32(30-40(41)42)31-19-21-37-36-17-9-10-18-38(36)44(39(37)29-31,33-13-5-3-6-14-33)34-15-7-4-8-16-34/h3-10,13-24,27-30H,11-12,25-26H2,1-2H3. The second-order valence-corrected chi connectivity index (χ2v) is 13.9. The summed E-state index contributed by atoms with van der Waals surface area (Å²) in [5.41, 5.74) is 14.3. The van der Waals surface area contributed by atoms with E-state index in [2.05, 4.69) is 157 Å². The van der Waals surface area contributed by atoms with E-state index >= 15 is 0 Å². The first-order chi connectivity index (χ1) is 22.6. The predicted octanol–water partition coefficient (Wildman–Crippen LogP) is 10.9. The molecule has 1 aromatic heterocycles. The van der Waals surface area contributed by atoms with Gasteiger partial charge in [-0.3, -0.25) is 4.98 Å². The second kappa shape index (κ2) is 10.0. The maximum atomic E-state index is 4.34. The molecule has 2 heteroatoms. The third-order valence-corrected chi connectivity index (χ3v) is 11.8. The number of anilines is 2. The molecule has 2 heterocycles. The minimum absolute atomic E-state index is 0.0168. The van der Waals surface area contributed by atoms with Gasteiger partial charge in [-0.1, -0.05) is 123 Å². The summed E-state index contributed by atoms with van der Waals surface area (Å²) in [7, 11) is 0. The van der Waals surface area contributed by atoms with Gasteiger partial charge in [0.05, 0.1) is 11.0 Å². The Balaban J connectivity index is 1.26. The van der Waals surface area contributed by atoms with Gasteiger partial charge in [-0.05, 0) is 100 Å². The lowest BCUT2D eigenvalue weighted by atomic mass is 9.61. The highest BCUT2D eigenvalue weighted by Gasteiger charge is 2.57. The number of rotatable bonds is 4. The van der Waals surface area contributed by atoms with E-state index in [4.69, 9.17) is 0 Å². The first kappa shape index (κ1) is 27.4. The van der Waals surface area contributed by atoms with Crippen LogP contribution < -0.4 is 4.90 Å². The Kier molecular flexibility index (Phi) is 5.96. The summed E-state index contributed by atoms with van der Waals surface area (Å²) >= 11 is 0. The molecule has 6 aromatic rings. The molecule has 1 saturated carbocycles. The minimum atomic E-state index is -0.396. The number of benzene rings is 5. The van der Waals surface area contributed by atoms with Crippen molar-refractivity contribution in [3.05, 3.63) is 174 Å². The van der Waals surface area contributed by atoms with E-state index in [1.807, 2.05) is 12.4 Å². The van der Waals surface area contributed by atoms with Crippen LogP contribution in [0.25, 0.3) is 22.3 Å². The van der Waals surface area contributed by atoms with Crippen LogP contribution in [0.2, 0.25) is 0 Å². The molecule has 0 bridgehead atoms. The van der Waals surface area contributed by atoms with Crippen LogP contribution >= 0.6 is 0 Å². The van der Waals surface area contributed by atoms with Crippen LogP contribution in [-0.4, -0.2) is 10.5 Å². The van der Waals surface area contributed by atoms with Crippen molar-refractivity contribution in [2.24, 2.45) is 0 Å². The fourth-order valence-electron chi connectivity index (χ4n) is 9.44. The zero-order chi connectivity index (χ0) is 30.9. The molecule has 1 aliphatic heterocycles. The van der Waals surface area contributed by atoms with Crippen LogP contribution in [0.3, 0.4) is 0 Å². The van der Waals surface area contributed by atoms with Crippen molar-refractivity contribution in [2.75, 3.05) is 4.90 Å². The van der Waals surface area contributed by atoms with E-state index in [1.165, 1.54) is 87.1 Å². The van der Waals surface area contributed by atoms with Gasteiger partial charge < -0.3 is 4.90 Å². The molecule has 2 atom stereocenters. The molecule has 2 unspecified atom stereocenters. The normalized spacial score (nSPS) is 22.1. The van der Waals surface area contributed by atoms with Gasteiger partial charge in [0.1, 0.15) is 0 Å². The molecule has 2 aliphatic carbocycles. The zero-order valence-corrected chi connectivity index (χ0v) is 26.6. The van der Waals surface area contributed by atoms with Crippen molar-refractivity contribution in [1.82, 2.24) is 4.98 Å². The van der Waals surface area contributed by atoms with Gasteiger partial charge in [0.15, 0.2) is 0 Å². The van der Waals surface area contributed by atoms with E-state index in [9.17, 15) is 0 Å². The Morgan fingerprint density at radius 2 is 1.13 bits per heavy atom. The average molecular weight is 595 g/mol. The fraction of sp³-hybridized carbons (Fsp3) is 0.205. The number of fused-ring (bicyclic) bond motifs is 6. The molecule has 0 amide bonds. The average Bonchev–Trinajstić information content (AvgIpc) is 3.52. The number of hydrogen-bond acceptors (Lipinski definition) is 2. The Morgan fingerprint density at radius 1 is 0.543 bits per heavy atom. The van der Waals surface area contributed by atoms with Crippen LogP contribution in [-0.2, 0) is 10.8 Å². The van der Waals surface area contributed by atoms with Gasteiger partial charge in [0.2, 0.25) is 0 Å². The molecular formula is C44H38N2. The molecule has 46 heavy (non-hydrogen) atoms. The van der Waals surface area contributed by atoms with Crippen molar-refractivity contribution in [2.45, 2.75) is 55.9 Å². The van der Waals surface area contributed by atoms with E-state index in [1.54, 1.807) is 0 Å². The van der Waals surface area contributed by atoms with Crippen LogP contribution in [0, 0.1) is 0 Å². The first-order valence-corrected chi connectivity index (χ1v) is 16.8. The highest BCUT2D eigenvalue weighted by molar-refractivity contribution is 5.89. The largest absolute Gasteiger partial charge is 0.334 e. The third-order valence-electron chi connectivity index (χ3n) is 11.8. The molecule has 3 aliphatic rings. The summed E-state index contributed by atoms with van der Waals surface area (Å²) in [6.45, 7) is 5.01.